The molecule has 0 aromatic carbocycles. The molecule has 0 saturated heterocycles. The molecule has 1 heteroatoms. The summed E-state index contributed by atoms with van der Waals surface area (Å²) in [6.07, 6.45) is 1.30. The summed E-state index contributed by atoms with van der Waals surface area (Å²) in [7, 11) is 0. The third kappa shape index (κ3) is 3.89. The van der Waals surface area contributed by atoms with E-state index in [0.717, 1.165) is 18.4 Å². The van der Waals surface area contributed by atoms with Crippen molar-refractivity contribution in [2.75, 3.05) is 6.54 Å². The third-order valence-corrected chi connectivity index (χ3v) is 2.19. The zero-order valence-corrected chi connectivity index (χ0v) is 7.72. The maximum absolute atomic E-state index is 5.55. The van der Waals surface area contributed by atoms with Crippen LogP contribution in [-0.4, -0.2) is 6.54 Å². The van der Waals surface area contributed by atoms with Gasteiger partial charge >= 0.3 is 0 Å². The van der Waals surface area contributed by atoms with Gasteiger partial charge in [-0.05, 0) is 30.7 Å². The smallest absolute Gasteiger partial charge is 0.00490 e. The summed E-state index contributed by atoms with van der Waals surface area (Å²) < 4.78 is 0. The molecule has 0 fully saturated rings. The van der Waals surface area contributed by atoms with Crippen molar-refractivity contribution < 1.29 is 0 Å². The second-order valence-electron chi connectivity index (χ2n) is 3.82. The quantitative estimate of drug-likeness (QED) is 0.642. The Hall–Kier alpha value is -0.0400. The molecule has 0 radical (unpaired) electrons. The van der Waals surface area contributed by atoms with Crippen LogP contribution in [0.3, 0.4) is 0 Å². The largest absolute Gasteiger partial charge is 0.330 e. The lowest BCUT2D eigenvalue weighted by Gasteiger charge is -2.19. The van der Waals surface area contributed by atoms with Gasteiger partial charge in [-0.2, -0.15) is 0 Å². The molecule has 10 heavy (non-hydrogen) atoms. The summed E-state index contributed by atoms with van der Waals surface area (Å²) in [5.41, 5.74) is 5.55. The lowest BCUT2D eigenvalue weighted by molar-refractivity contribution is 0.330. The van der Waals surface area contributed by atoms with Gasteiger partial charge in [-0.25, -0.2) is 0 Å². The topological polar surface area (TPSA) is 26.0 Å². The van der Waals surface area contributed by atoms with Crippen LogP contribution in [0, 0.1) is 17.8 Å². The van der Waals surface area contributed by atoms with E-state index in [2.05, 4.69) is 27.7 Å². The Morgan fingerprint density at radius 3 is 1.80 bits per heavy atom. The summed E-state index contributed by atoms with van der Waals surface area (Å²) in [5, 5.41) is 0. The zero-order valence-electron chi connectivity index (χ0n) is 7.72. The van der Waals surface area contributed by atoms with Gasteiger partial charge in [-0.1, -0.05) is 27.7 Å². The summed E-state index contributed by atoms with van der Waals surface area (Å²) in [6, 6.07) is 0. The van der Waals surface area contributed by atoms with E-state index >= 15 is 0 Å². The Kier molecular flexibility index (Phi) is 4.71. The van der Waals surface area contributed by atoms with Crippen LogP contribution in [0.4, 0.5) is 0 Å². The van der Waals surface area contributed by atoms with E-state index in [1.807, 2.05) is 0 Å². The van der Waals surface area contributed by atoms with E-state index in [0.29, 0.717) is 5.92 Å². The van der Waals surface area contributed by atoms with Gasteiger partial charge in [0, 0.05) is 0 Å². The molecule has 0 rings (SSSR count). The highest BCUT2D eigenvalue weighted by molar-refractivity contribution is 4.63. The van der Waals surface area contributed by atoms with Crippen molar-refractivity contribution in [3.8, 4) is 0 Å². The number of hydrogen-bond acceptors (Lipinski definition) is 1. The van der Waals surface area contributed by atoms with Crippen LogP contribution in [0.15, 0.2) is 0 Å². The molecule has 0 aliphatic rings. The van der Waals surface area contributed by atoms with E-state index in [9.17, 15) is 0 Å². The van der Waals surface area contributed by atoms with Gasteiger partial charge in [0.1, 0.15) is 0 Å². The summed E-state index contributed by atoms with van der Waals surface area (Å²) in [5.74, 6) is 2.27. The number of hydrogen-bond donors (Lipinski definition) is 1. The van der Waals surface area contributed by atoms with Crippen molar-refractivity contribution in [1.29, 1.82) is 0 Å². The Labute approximate surface area is 65.0 Å². The highest BCUT2D eigenvalue weighted by Crippen LogP contribution is 2.18. The minimum absolute atomic E-state index is 0.683. The van der Waals surface area contributed by atoms with E-state index in [-0.39, 0.29) is 0 Å². The molecule has 62 valence electrons. The first-order chi connectivity index (χ1) is 4.57. The fourth-order valence-electron chi connectivity index (χ4n) is 1.21. The molecule has 0 aliphatic carbocycles. The first kappa shape index (κ1) is 9.96. The van der Waals surface area contributed by atoms with Gasteiger partial charge in [-0.3, -0.25) is 0 Å². The highest BCUT2D eigenvalue weighted by atomic mass is 14.5. The SMILES string of the molecule is CC(C)CC(C)C(C)CN. The zero-order chi connectivity index (χ0) is 8.15. The maximum atomic E-state index is 5.55. The van der Waals surface area contributed by atoms with Gasteiger partial charge in [0.15, 0.2) is 0 Å². The fourth-order valence-corrected chi connectivity index (χ4v) is 1.21. The lowest BCUT2D eigenvalue weighted by atomic mass is 9.88. The molecule has 1 nitrogen and oxygen atoms in total. The first-order valence-corrected chi connectivity index (χ1v) is 4.28. The predicted octanol–water partition coefficient (Wildman–Crippen LogP) is 2.26. The molecule has 0 aromatic heterocycles. The third-order valence-electron chi connectivity index (χ3n) is 2.19. The van der Waals surface area contributed by atoms with Crippen molar-refractivity contribution in [3.63, 3.8) is 0 Å². The van der Waals surface area contributed by atoms with Crippen molar-refractivity contribution in [2.24, 2.45) is 23.5 Å². The van der Waals surface area contributed by atoms with Crippen LogP contribution in [-0.2, 0) is 0 Å². The normalized spacial score (nSPS) is 17.4. The van der Waals surface area contributed by atoms with Crippen LogP contribution in [0.2, 0.25) is 0 Å². The molecular weight excluding hydrogens is 122 g/mol. The molecule has 0 amide bonds. The predicted molar refractivity (Wildman–Crippen MR) is 46.8 cm³/mol. The Bertz CT molecular complexity index is 78.8. The average molecular weight is 143 g/mol. The van der Waals surface area contributed by atoms with Crippen molar-refractivity contribution in [3.05, 3.63) is 0 Å². The van der Waals surface area contributed by atoms with Crippen LogP contribution >= 0.6 is 0 Å². The molecule has 2 N–H and O–H groups in total. The Morgan fingerprint density at radius 1 is 1.00 bits per heavy atom. The van der Waals surface area contributed by atoms with E-state index < -0.39 is 0 Å². The molecule has 2 unspecified atom stereocenters. The van der Waals surface area contributed by atoms with E-state index in [1.54, 1.807) is 0 Å². The molecule has 0 spiro atoms. The average Bonchev–Trinajstić information content (AvgIpc) is 1.85. The van der Waals surface area contributed by atoms with E-state index in [4.69, 9.17) is 5.73 Å². The minimum Gasteiger partial charge on any atom is -0.330 e. The second kappa shape index (κ2) is 4.73. The van der Waals surface area contributed by atoms with Gasteiger partial charge in [-0.15, -0.1) is 0 Å². The molecule has 0 aliphatic heterocycles. The first-order valence-electron chi connectivity index (χ1n) is 4.28. The lowest BCUT2D eigenvalue weighted by Crippen LogP contribution is -2.19. The summed E-state index contributed by atoms with van der Waals surface area (Å²) in [6.45, 7) is 9.87. The van der Waals surface area contributed by atoms with Gasteiger partial charge in [0.05, 0.1) is 0 Å². The van der Waals surface area contributed by atoms with Crippen LogP contribution < -0.4 is 5.73 Å². The fraction of sp³-hybridized carbons (Fsp3) is 1.00. The molecule has 0 bridgehead atoms. The molecular formula is C9H21N. The van der Waals surface area contributed by atoms with Crippen molar-refractivity contribution >= 4 is 0 Å². The number of rotatable bonds is 4. The second-order valence-corrected chi connectivity index (χ2v) is 3.82. The molecule has 0 aromatic rings. The summed E-state index contributed by atoms with van der Waals surface area (Å²) >= 11 is 0. The Balaban J connectivity index is 3.50. The summed E-state index contributed by atoms with van der Waals surface area (Å²) in [4.78, 5) is 0. The van der Waals surface area contributed by atoms with Crippen molar-refractivity contribution in [1.82, 2.24) is 0 Å². The monoisotopic (exact) mass is 143 g/mol. The standard InChI is InChI=1S/C9H21N/c1-7(2)5-8(3)9(4)6-10/h7-9H,5-6,10H2,1-4H3. The van der Waals surface area contributed by atoms with Crippen LogP contribution in [0.5, 0.6) is 0 Å². The van der Waals surface area contributed by atoms with Gasteiger partial charge in [0.2, 0.25) is 0 Å². The van der Waals surface area contributed by atoms with Crippen LogP contribution in [0.25, 0.3) is 0 Å². The van der Waals surface area contributed by atoms with Crippen LogP contribution in [0.1, 0.15) is 34.1 Å². The van der Waals surface area contributed by atoms with Crippen molar-refractivity contribution in [2.45, 2.75) is 34.1 Å². The molecule has 0 saturated carbocycles. The Morgan fingerprint density at radius 2 is 1.50 bits per heavy atom. The van der Waals surface area contributed by atoms with E-state index in [1.165, 1.54) is 6.42 Å². The van der Waals surface area contributed by atoms with Gasteiger partial charge in [0.25, 0.3) is 0 Å². The highest BCUT2D eigenvalue weighted by Gasteiger charge is 2.11. The molecule has 2 atom stereocenters. The maximum Gasteiger partial charge on any atom is -0.00490 e. The minimum atomic E-state index is 0.683. The molecule has 0 heterocycles. The number of nitrogens with two attached hydrogens (primary N) is 1. The van der Waals surface area contributed by atoms with Gasteiger partial charge < -0.3 is 5.73 Å².